The van der Waals surface area contributed by atoms with E-state index in [1.165, 1.54) is 6.07 Å². The van der Waals surface area contributed by atoms with E-state index < -0.39 is 0 Å². The summed E-state index contributed by atoms with van der Waals surface area (Å²) in [6.07, 6.45) is 3.52. The Bertz CT molecular complexity index is 577. The molecule has 0 unspecified atom stereocenters. The van der Waals surface area contributed by atoms with E-state index in [1.807, 2.05) is 13.0 Å². The molecular weight excluding hydrogens is 458 g/mol. The minimum atomic E-state index is -0.183. The summed E-state index contributed by atoms with van der Waals surface area (Å²) in [5, 5.41) is 16.2. The van der Waals surface area contributed by atoms with Crippen LogP contribution in [0.3, 0.4) is 0 Å². The fourth-order valence-electron chi connectivity index (χ4n) is 3.23. The highest BCUT2D eigenvalue weighted by molar-refractivity contribution is 14.0. The van der Waals surface area contributed by atoms with Gasteiger partial charge in [-0.2, -0.15) is 0 Å². The second-order valence-corrected chi connectivity index (χ2v) is 6.93. The van der Waals surface area contributed by atoms with E-state index in [0.29, 0.717) is 0 Å². The number of nitrogens with one attached hydrogen (secondary N) is 2. The number of halogens is 2. The number of rotatable bonds is 8. The Morgan fingerprint density at radius 3 is 2.70 bits per heavy atom. The van der Waals surface area contributed by atoms with Crippen LogP contribution in [0.1, 0.15) is 37.3 Å². The normalized spacial score (nSPS) is 16.1. The van der Waals surface area contributed by atoms with Crippen molar-refractivity contribution in [2.75, 3.05) is 39.3 Å². The predicted octanol–water partition coefficient (Wildman–Crippen LogP) is 2.70. The number of aliphatic hydroxyl groups excluding tert-OH is 1. The van der Waals surface area contributed by atoms with Crippen molar-refractivity contribution >= 4 is 29.9 Å². The van der Waals surface area contributed by atoms with E-state index in [1.54, 1.807) is 6.07 Å². The molecule has 0 saturated carbocycles. The monoisotopic (exact) mass is 492 g/mol. The number of benzene rings is 1. The molecule has 0 aromatic heterocycles. The molecule has 27 heavy (non-hydrogen) atoms. The van der Waals surface area contributed by atoms with Crippen molar-refractivity contribution < 1.29 is 9.50 Å². The smallest absolute Gasteiger partial charge is 0.191 e. The van der Waals surface area contributed by atoms with Gasteiger partial charge in [0.1, 0.15) is 5.82 Å². The summed E-state index contributed by atoms with van der Waals surface area (Å²) in [6.45, 7) is 9.38. The molecule has 0 amide bonds. The molecule has 0 atom stereocenters. The van der Waals surface area contributed by atoms with Crippen LogP contribution in [0.25, 0.3) is 0 Å². The molecular formula is C20H34FIN4O. The predicted molar refractivity (Wildman–Crippen MR) is 121 cm³/mol. The fraction of sp³-hybridized carbons (Fsp3) is 0.650. The molecule has 1 fully saturated rings. The quantitative estimate of drug-likeness (QED) is 0.226. The summed E-state index contributed by atoms with van der Waals surface area (Å²) < 4.78 is 13.2. The van der Waals surface area contributed by atoms with E-state index in [9.17, 15) is 9.50 Å². The van der Waals surface area contributed by atoms with Crippen molar-refractivity contribution in [3.8, 4) is 0 Å². The van der Waals surface area contributed by atoms with E-state index in [4.69, 9.17) is 0 Å². The van der Waals surface area contributed by atoms with Crippen LogP contribution < -0.4 is 10.6 Å². The molecule has 0 spiro atoms. The Morgan fingerprint density at radius 2 is 2.04 bits per heavy atom. The summed E-state index contributed by atoms with van der Waals surface area (Å²) >= 11 is 0. The second-order valence-electron chi connectivity index (χ2n) is 6.93. The van der Waals surface area contributed by atoms with E-state index in [0.717, 1.165) is 82.0 Å². The van der Waals surface area contributed by atoms with Crippen molar-refractivity contribution in [1.82, 2.24) is 15.5 Å². The first-order valence-corrected chi connectivity index (χ1v) is 9.76. The van der Waals surface area contributed by atoms with Crippen molar-refractivity contribution in [3.63, 3.8) is 0 Å². The van der Waals surface area contributed by atoms with Crippen LogP contribution in [0.15, 0.2) is 23.2 Å². The molecule has 0 aliphatic carbocycles. The van der Waals surface area contributed by atoms with Gasteiger partial charge in [-0.1, -0.05) is 6.07 Å². The SMILES string of the molecule is CCNC(=NCCCN1CCC(O)CC1)NCCc1ccc(F)cc1C.I. The third-order valence-electron chi connectivity index (χ3n) is 4.80. The van der Waals surface area contributed by atoms with Gasteiger partial charge in [-0.25, -0.2) is 4.39 Å². The van der Waals surface area contributed by atoms with Gasteiger partial charge in [-0.3, -0.25) is 4.99 Å². The van der Waals surface area contributed by atoms with Crippen LogP contribution in [-0.2, 0) is 6.42 Å². The Hall–Kier alpha value is -0.930. The van der Waals surface area contributed by atoms with E-state index in [-0.39, 0.29) is 35.9 Å². The van der Waals surface area contributed by atoms with Crippen LogP contribution in [-0.4, -0.2) is 61.3 Å². The number of nitrogens with zero attached hydrogens (tertiary/aromatic N) is 2. The first-order chi connectivity index (χ1) is 12.6. The van der Waals surface area contributed by atoms with Crippen LogP contribution in [0.2, 0.25) is 0 Å². The molecule has 154 valence electrons. The number of piperidine rings is 1. The lowest BCUT2D eigenvalue weighted by Gasteiger charge is -2.29. The van der Waals surface area contributed by atoms with Crippen molar-refractivity contribution in [2.45, 2.75) is 45.6 Å². The minimum absolute atomic E-state index is 0. The second kappa shape index (κ2) is 13.3. The molecule has 0 bridgehead atoms. The lowest BCUT2D eigenvalue weighted by Crippen LogP contribution is -2.39. The Morgan fingerprint density at radius 1 is 1.30 bits per heavy atom. The number of guanidine groups is 1. The van der Waals surface area contributed by atoms with Gasteiger partial charge >= 0.3 is 0 Å². The molecule has 1 aromatic rings. The lowest BCUT2D eigenvalue weighted by molar-refractivity contribution is 0.0824. The topological polar surface area (TPSA) is 59.9 Å². The first kappa shape index (κ1) is 24.1. The minimum Gasteiger partial charge on any atom is -0.393 e. The molecule has 1 saturated heterocycles. The number of likely N-dealkylation sites (tertiary alicyclic amines) is 1. The molecule has 2 rings (SSSR count). The number of hydrogen-bond acceptors (Lipinski definition) is 3. The fourth-order valence-corrected chi connectivity index (χ4v) is 3.23. The third kappa shape index (κ3) is 9.21. The van der Waals surface area contributed by atoms with Crippen LogP contribution in [0.4, 0.5) is 4.39 Å². The van der Waals surface area contributed by atoms with Gasteiger partial charge in [-0.05, 0) is 69.3 Å². The van der Waals surface area contributed by atoms with Crippen LogP contribution in [0.5, 0.6) is 0 Å². The summed E-state index contributed by atoms with van der Waals surface area (Å²) in [7, 11) is 0. The molecule has 1 aromatic carbocycles. The maximum Gasteiger partial charge on any atom is 0.191 e. The average molecular weight is 492 g/mol. The average Bonchev–Trinajstić information content (AvgIpc) is 2.62. The number of aliphatic hydroxyl groups is 1. The Labute approximate surface area is 179 Å². The molecule has 0 radical (unpaired) electrons. The highest BCUT2D eigenvalue weighted by Gasteiger charge is 2.15. The van der Waals surface area contributed by atoms with Crippen molar-refractivity contribution in [1.29, 1.82) is 0 Å². The van der Waals surface area contributed by atoms with Gasteiger partial charge in [-0.15, -0.1) is 24.0 Å². The number of hydrogen-bond donors (Lipinski definition) is 3. The first-order valence-electron chi connectivity index (χ1n) is 9.76. The van der Waals surface area contributed by atoms with Crippen molar-refractivity contribution in [3.05, 3.63) is 35.1 Å². The number of aliphatic imine (C=N–C) groups is 1. The van der Waals surface area contributed by atoms with E-state index in [2.05, 4.69) is 27.4 Å². The van der Waals surface area contributed by atoms with Gasteiger partial charge in [0.2, 0.25) is 0 Å². The van der Waals surface area contributed by atoms with Gasteiger partial charge in [0.25, 0.3) is 0 Å². The van der Waals surface area contributed by atoms with Crippen LogP contribution in [0, 0.1) is 12.7 Å². The summed E-state index contributed by atoms with van der Waals surface area (Å²) in [5.74, 6) is 0.652. The van der Waals surface area contributed by atoms with Gasteiger partial charge in [0, 0.05) is 32.7 Å². The zero-order chi connectivity index (χ0) is 18.8. The zero-order valence-electron chi connectivity index (χ0n) is 16.5. The highest BCUT2D eigenvalue weighted by atomic mass is 127. The number of aryl methyl sites for hydroxylation is 1. The van der Waals surface area contributed by atoms with Gasteiger partial charge < -0.3 is 20.6 Å². The molecule has 1 aliphatic rings. The van der Waals surface area contributed by atoms with E-state index >= 15 is 0 Å². The van der Waals surface area contributed by atoms with Crippen molar-refractivity contribution in [2.24, 2.45) is 4.99 Å². The molecule has 1 heterocycles. The summed E-state index contributed by atoms with van der Waals surface area (Å²) in [5.41, 5.74) is 2.14. The maximum atomic E-state index is 13.2. The Balaban J connectivity index is 0.00000364. The molecule has 5 nitrogen and oxygen atoms in total. The summed E-state index contributed by atoms with van der Waals surface area (Å²) in [6, 6.07) is 4.95. The van der Waals surface area contributed by atoms with Crippen LogP contribution >= 0.6 is 24.0 Å². The third-order valence-corrected chi connectivity index (χ3v) is 4.80. The zero-order valence-corrected chi connectivity index (χ0v) is 18.8. The standard InChI is InChI=1S/C20H33FN4O.HI/c1-3-22-20(23-10-4-12-25-13-8-19(26)9-14-25)24-11-7-17-5-6-18(21)15-16(17)2;/h5-6,15,19,26H,3-4,7-14H2,1-2H3,(H2,22,23,24);1H. The molecule has 7 heteroatoms. The molecule has 3 N–H and O–H groups in total. The van der Waals surface area contributed by atoms with Gasteiger partial charge in [0.05, 0.1) is 6.10 Å². The lowest BCUT2D eigenvalue weighted by atomic mass is 10.1. The largest absolute Gasteiger partial charge is 0.393 e. The highest BCUT2D eigenvalue weighted by Crippen LogP contribution is 2.11. The summed E-state index contributed by atoms with van der Waals surface area (Å²) in [4.78, 5) is 7.04. The molecule has 1 aliphatic heterocycles. The Kier molecular flexibility index (Phi) is 11.9. The van der Waals surface area contributed by atoms with Gasteiger partial charge in [0.15, 0.2) is 5.96 Å². The maximum absolute atomic E-state index is 13.2.